The quantitative estimate of drug-likeness (QED) is 0.0519. The molecule has 4 bridgehead atoms. The van der Waals surface area contributed by atoms with E-state index in [0.29, 0.717) is 90.1 Å². The first-order valence-corrected chi connectivity index (χ1v) is 28.5. The molecular weight excluding hydrogens is 1110 g/mol. The van der Waals surface area contributed by atoms with E-state index < -0.39 is 84.7 Å². The van der Waals surface area contributed by atoms with Gasteiger partial charge in [-0.1, -0.05) is 82.4 Å². The van der Waals surface area contributed by atoms with Gasteiger partial charge in [-0.2, -0.15) is 0 Å². The van der Waals surface area contributed by atoms with Crippen LogP contribution in [0.1, 0.15) is 79.4 Å². The van der Waals surface area contributed by atoms with Gasteiger partial charge in [0.15, 0.2) is 12.2 Å². The summed E-state index contributed by atoms with van der Waals surface area (Å²) in [6, 6.07) is 2.60. The summed E-state index contributed by atoms with van der Waals surface area (Å²) in [5.74, 6) is -2.73. The zero-order valence-electron chi connectivity index (χ0n) is 52.3. The highest BCUT2D eigenvalue weighted by atomic mass is 16.6. The minimum Gasteiger partial charge on any atom is -0.506 e. The molecule has 478 valence electrons. The van der Waals surface area contributed by atoms with E-state index in [1.165, 1.54) is 46.6 Å². The normalized spacial score (nSPS) is 29.0. The summed E-state index contributed by atoms with van der Waals surface area (Å²) in [6.07, 6.45) is 7.74. The van der Waals surface area contributed by atoms with Gasteiger partial charge in [0.2, 0.25) is 0 Å². The smallest absolute Gasteiger partial charge is 0.405 e. The van der Waals surface area contributed by atoms with E-state index in [1.54, 1.807) is 76.3 Å². The summed E-state index contributed by atoms with van der Waals surface area (Å²) in [5.41, 5.74) is 14.2. The molecule has 2 aromatic carbocycles. The van der Waals surface area contributed by atoms with Crippen LogP contribution < -0.4 is 32.7 Å². The second-order valence-electron chi connectivity index (χ2n) is 22.3. The Morgan fingerprint density at radius 2 is 1.05 bits per heavy atom. The average molecular weight is 1210 g/mol. The predicted molar refractivity (Wildman–Crippen MR) is 333 cm³/mol. The number of phenols is 4. The van der Waals surface area contributed by atoms with Crippen molar-refractivity contribution in [3.05, 3.63) is 107 Å². The highest BCUT2D eigenvalue weighted by molar-refractivity contribution is 6.05. The number of amides is 4. The third kappa shape index (κ3) is 21.5. The van der Waals surface area contributed by atoms with Crippen molar-refractivity contribution in [2.75, 3.05) is 83.4 Å². The molecule has 0 spiro atoms. The maximum Gasteiger partial charge on any atom is 0.405 e. The maximum absolute atomic E-state index is 13.1. The number of aliphatic hydroxyl groups excluding tert-OH is 2. The predicted octanol–water partition coefficient (Wildman–Crippen LogP) is 7.69. The number of fused-ring (bicyclic) bond motifs is 4. The molecule has 2 aromatic rings. The van der Waals surface area contributed by atoms with Crippen LogP contribution in [-0.4, -0.2) is 171 Å². The third-order valence-electron chi connectivity index (χ3n) is 14.9. The summed E-state index contributed by atoms with van der Waals surface area (Å²) in [4.78, 5) is 51.6. The van der Waals surface area contributed by atoms with Gasteiger partial charge >= 0.3 is 12.2 Å². The summed E-state index contributed by atoms with van der Waals surface area (Å²) < 4.78 is 33.3. The van der Waals surface area contributed by atoms with Crippen LogP contribution in [0.3, 0.4) is 0 Å². The van der Waals surface area contributed by atoms with Crippen molar-refractivity contribution in [1.29, 1.82) is 0 Å². The van der Waals surface area contributed by atoms with Gasteiger partial charge in [-0.05, 0) is 90.5 Å². The Balaban J connectivity index is 0.000000451. The van der Waals surface area contributed by atoms with E-state index in [0.717, 1.165) is 0 Å². The number of hydrogen-bond acceptors (Lipinski definition) is 19. The van der Waals surface area contributed by atoms with Gasteiger partial charge in [-0.3, -0.25) is 9.59 Å². The number of allylic oxidation sites excluding steroid dienone is 4. The second-order valence-corrected chi connectivity index (χ2v) is 22.3. The number of nitrogens with two attached hydrogens (primary N) is 2. The van der Waals surface area contributed by atoms with Crippen LogP contribution in [0.5, 0.6) is 23.0 Å². The summed E-state index contributed by atoms with van der Waals surface area (Å²) >= 11 is 0. The average Bonchev–Trinajstić information content (AvgIpc) is 1.59. The van der Waals surface area contributed by atoms with Crippen molar-refractivity contribution in [3.8, 4) is 23.0 Å². The first kappa shape index (κ1) is 72.9. The van der Waals surface area contributed by atoms with Gasteiger partial charge in [0, 0.05) is 94.3 Å². The van der Waals surface area contributed by atoms with Crippen LogP contribution in [0.2, 0.25) is 0 Å². The number of methoxy groups -OCH3 is 4. The number of likely N-dealkylation sites (N-methyl/N-ethyl adjacent to an activating group) is 1. The Morgan fingerprint density at radius 3 is 1.38 bits per heavy atom. The van der Waals surface area contributed by atoms with Gasteiger partial charge in [-0.15, -0.1) is 6.58 Å². The lowest BCUT2D eigenvalue weighted by Crippen LogP contribution is -2.37. The van der Waals surface area contributed by atoms with Crippen molar-refractivity contribution < 1.29 is 78.2 Å². The lowest BCUT2D eigenvalue weighted by molar-refractivity contribution is -0.113. The molecule has 14 N–H and O–H groups in total. The zero-order valence-corrected chi connectivity index (χ0v) is 52.3. The number of primary amides is 2. The van der Waals surface area contributed by atoms with Gasteiger partial charge < -0.3 is 96.7 Å². The zero-order chi connectivity index (χ0) is 64.7. The highest BCUT2D eigenvalue weighted by Crippen LogP contribution is 2.44. The van der Waals surface area contributed by atoms with Crippen LogP contribution in [0.15, 0.2) is 95.7 Å². The number of nitrogens with one attached hydrogen (secondary N) is 4. The number of ether oxygens (including phenoxy) is 6. The van der Waals surface area contributed by atoms with Crippen LogP contribution in [-0.2, 0) is 50.9 Å². The van der Waals surface area contributed by atoms with Crippen LogP contribution >= 0.6 is 0 Å². The minimum absolute atomic E-state index is 0.0416. The fourth-order valence-electron chi connectivity index (χ4n) is 10.2. The van der Waals surface area contributed by atoms with Crippen molar-refractivity contribution in [2.24, 2.45) is 35.1 Å². The number of anilines is 4. The Morgan fingerprint density at radius 1 is 0.663 bits per heavy atom. The van der Waals surface area contributed by atoms with Gasteiger partial charge in [0.05, 0.1) is 47.2 Å². The lowest BCUT2D eigenvalue weighted by Gasteiger charge is -2.29. The monoisotopic (exact) mass is 1210 g/mol. The molecule has 23 nitrogen and oxygen atoms in total. The van der Waals surface area contributed by atoms with E-state index in [9.17, 15) is 49.8 Å². The Hall–Kier alpha value is -7.38. The highest BCUT2D eigenvalue weighted by Gasteiger charge is 2.33. The number of carbonyl (C=O) groups is 4. The van der Waals surface area contributed by atoms with E-state index >= 15 is 0 Å². The third-order valence-corrected chi connectivity index (χ3v) is 14.9. The topological polar surface area (TPSA) is 348 Å². The fraction of sp³-hybridized carbons (Fsp3) is 0.524. The molecular formula is C63H95N7O16. The molecule has 23 heteroatoms. The summed E-state index contributed by atoms with van der Waals surface area (Å²) in [5, 5.41) is 78.6. The number of nitrogens with zero attached hydrogens (tertiary/aromatic N) is 1. The largest absolute Gasteiger partial charge is 0.506 e. The molecule has 0 aromatic heterocycles. The van der Waals surface area contributed by atoms with Gasteiger partial charge in [0.25, 0.3) is 11.8 Å². The maximum atomic E-state index is 13.1. The SMILES string of the molecule is C=CCNc1c(O)cc2c(O)c1C[C@@H](C)C[C@H](OC)[C@H](O)[C@@H](C)/C=C(\C)[C@H](OC(N)=O)[C@@H](OC)/C=C\C=C(/C)C(=O)N2.CO[C@H]1/C=C\C=C(/C)C(=O)Nc2cc(O)c(NCCN(C)C)c(c2O)C[C@@H](C)C[C@H](OC)[C@H](O)[C@@H](C)/C=C(\C)[C@@H]1OC(N)=O. The number of phenolic OH excluding ortho intramolecular Hbond substituents is 4. The molecule has 0 saturated carbocycles. The standard InChI is InChI=1S/C32H50N4O8.C31H45N3O8/c1-18-14-22-27(34-12-13-36(5)6)24(37)17-23(29(22)39)35-31(40)19(2)10-9-11-25(42-7)30(44-32(33)41)21(4)16-20(3)28(38)26(15-18)43-8;1-8-12-33-26-21-13-17(2)14-25(41-7)27(36)19(4)15-20(5)29(42-31(32)39)24(40-6)11-9-10-18(3)30(38)34-22(28(21)37)16-23(26)35/h9-11,16-18,20,25-26,28,30,34,37-39H,12-15H2,1-8H3,(H2,33,41)(H,35,40);8-11,15-17,19,24-25,27,29,33,35-37H,1,12-14H2,2-7H3,(H2,32,39)(H,34,38)/b11-9-,19-10+,21-16+;11-9-,18-10+,20-15+/t18-,20+,25+,26+,28-,30+;17-,19+,24+,25+,27-,29+/m11/s1. The molecule has 0 saturated heterocycles. The first-order valence-electron chi connectivity index (χ1n) is 28.5. The number of carbonyl (C=O) groups excluding carboxylic acids is 4. The van der Waals surface area contributed by atoms with Crippen LogP contribution in [0.25, 0.3) is 0 Å². The second kappa shape index (κ2) is 35.3. The molecule has 4 amide bonds. The molecule has 2 aliphatic rings. The number of rotatable bonds is 13. The molecule has 2 aliphatic heterocycles. The number of benzene rings is 2. The molecule has 0 fully saturated rings. The fourth-order valence-corrected chi connectivity index (χ4v) is 10.2. The Kier molecular flexibility index (Phi) is 29.9. The van der Waals surface area contributed by atoms with E-state index in [-0.39, 0.29) is 46.2 Å². The molecule has 86 heavy (non-hydrogen) atoms. The van der Waals surface area contributed by atoms with E-state index in [1.807, 2.05) is 46.7 Å². The van der Waals surface area contributed by atoms with Crippen molar-refractivity contribution >= 4 is 46.8 Å². The minimum atomic E-state index is -0.990. The van der Waals surface area contributed by atoms with Crippen LogP contribution in [0, 0.1) is 23.7 Å². The van der Waals surface area contributed by atoms with E-state index in [4.69, 9.17) is 39.9 Å². The van der Waals surface area contributed by atoms with Gasteiger partial charge in [0.1, 0.15) is 35.2 Å². The summed E-state index contributed by atoms with van der Waals surface area (Å²) in [7, 11) is 9.79. The molecule has 2 heterocycles. The molecule has 12 atom stereocenters. The molecule has 4 rings (SSSR count). The first-order chi connectivity index (χ1) is 40.5. The van der Waals surface area contributed by atoms with Crippen molar-refractivity contribution in [1.82, 2.24) is 4.90 Å². The molecule has 0 aliphatic carbocycles. The molecule has 0 radical (unpaired) electrons. The van der Waals surface area contributed by atoms with Crippen LogP contribution in [0.4, 0.5) is 32.3 Å². The van der Waals surface area contributed by atoms with Crippen molar-refractivity contribution in [2.45, 2.75) is 130 Å². The van der Waals surface area contributed by atoms with Crippen molar-refractivity contribution in [3.63, 3.8) is 0 Å². The summed E-state index contributed by atoms with van der Waals surface area (Å²) in [6.45, 7) is 19.4. The number of aromatic hydroxyl groups is 4. The Bertz CT molecular complexity index is 2810. The van der Waals surface area contributed by atoms with Gasteiger partial charge in [-0.25, -0.2) is 9.59 Å². The number of aliphatic hydroxyl groups is 2. The Labute approximate surface area is 506 Å². The molecule has 0 unspecified atom stereocenters. The lowest BCUT2D eigenvalue weighted by atomic mass is 9.87. The van der Waals surface area contributed by atoms with E-state index in [2.05, 4.69) is 27.8 Å². The number of hydrogen-bond donors (Lipinski definition) is 12.